The molecule has 4 heteroatoms. The number of nitrogens with one attached hydrogen (secondary N) is 2. The van der Waals surface area contributed by atoms with E-state index in [-0.39, 0.29) is 11.6 Å². The molecule has 1 spiro atoms. The van der Waals surface area contributed by atoms with Crippen molar-refractivity contribution in [1.29, 1.82) is 0 Å². The molecule has 1 heterocycles. The molecular formula is C33H34N2O2. The summed E-state index contributed by atoms with van der Waals surface area (Å²) >= 11 is 0. The number of hydrogen-bond acceptors (Lipinski definition) is 4. The maximum Gasteiger partial charge on any atom is 0.188 e. The number of allylic oxidation sites excluding steroid dienone is 14. The van der Waals surface area contributed by atoms with Gasteiger partial charge in [0.15, 0.2) is 6.23 Å². The maximum atomic E-state index is 6.65. The van der Waals surface area contributed by atoms with Gasteiger partial charge in [0, 0.05) is 22.1 Å². The highest BCUT2D eigenvalue weighted by Crippen LogP contribution is 2.60. The summed E-state index contributed by atoms with van der Waals surface area (Å²) in [7, 11) is 1.86. The van der Waals surface area contributed by atoms with Gasteiger partial charge in [0.05, 0.1) is 6.42 Å². The Morgan fingerprint density at radius 2 is 1.95 bits per heavy atom. The van der Waals surface area contributed by atoms with Crippen molar-refractivity contribution in [2.24, 2.45) is 5.41 Å². The molecule has 5 aliphatic rings. The van der Waals surface area contributed by atoms with E-state index in [0.29, 0.717) is 6.42 Å². The summed E-state index contributed by atoms with van der Waals surface area (Å²) in [4.78, 5) is 0. The fourth-order valence-corrected chi connectivity index (χ4v) is 6.30. The van der Waals surface area contributed by atoms with Crippen LogP contribution < -0.4 is 10.9 Å². The number of hydrogen-bond donors (Lipinski definition) is 2. The van der Waals surface area contributed by atoms with Gasteiger partial charge in [-0.3, -0.25) is 5.43 Å². The van der Waals surface area contributed by atoms with Crippen molar-refractivity contribution in [3.05, 3.63) is 142 Å². The molecule has 4 nitrogen and oxygen atoms in total. The first kappa shape index (κ1) is 23.8. The molecule has 0 aromatic heterocycles. The van der Waals surface area contributed by atoms with E-state index < -0.39 is 0 Å². The van der Waals surface area contributed by atoms with Crippen molar-refractivity contribution >= 4 is 0 Å². The molecule has 2 N–H and O–H groups in total. The maximum absolute atomic E-state index is 6.65. The largest absolute Gasteiger partial charge is 0.474 e. The van der Waals surface area contributed by atoms with E-state index in [1.807, 2.05) is 25.2 Å². The topological polar surface area (TPSA) is 42.5 Å². The first-order valence-corrected chi connectivity index (χ1v) is 13.3. The fraction of sp³-hybridized carbons (Fsp3) is 0.273. The molecule has 0 radical (unpaired) electrons. The second-order valence-electron chi connectivity index (χ2n) is 10.0. The normalized spacial score (nSPS) is 26.1. The van der Waals surface area contributed by atoms with Crippen molar-refractivity contribution in [2.75, 3.05) is 7.05 Å². The lowest BCUT2D eigenvalue weighted by Crippen LogP contribution is -2.35. The van der Waals surface area contributed by atoms with Crippen molar-refractivity contribution in [1.82, 2.24) is 10.9 Å². The minimum absolute atomic E-state index is 0.261. The van der Waals surface area contributed by atoms with Gasteiger partial charge in [-0.25, -0.2) is 5.43 Å². The molecule has 0 saturated heterocycles. The lowest BCUT2D eigenvalue weighted by molar-refractivity contribution is 0.0702. The molecule has 0 amide bonds. The van der Waals surface area contributed by atoms with Crippen LogP contribution in [0.25, 0.3) is 0 Å². The quantitative estimate of drug-likeness (QED) is 0.336. The highest BCUT2D eigenvalue weighted by molar-refractivity contribution is 5.64. The minimum Gasteiger partial charge on any atom is -0.474 e. The third-order valence-corrected chi connectivity index (χ3v) is 7.88. The fourth-order valence-electron chi connectivity index (χ4n) is 6.30. The summed E-state index contributed by atoms with van der Waals surface area (Å²) in [5.74, 6) is 2.88. The lowest BCUT2D eigenvalue weighted by atomic mass is 9.60. The minimum atomic E-state index is -0.311. The van der Waals surface area contributed by atoms with Gasteiger partial charge in [-0.05, 0) is 68.0 Å². The van der Waals surface area contributed by atoms with Gasteiger partial charge in [0.1, 0.15) is 17.3 Å². The summed E-state index contributed by atoms with van der Waals surface area (Å²) in [5, 5.41) is 0. The molecule has 2 atom stereocenters. The van der Waals surface area contributed by atoms with Crippen LogP contribution in [0.3, 0.4) is 0 Å². The summed E-state index contributed by atoms with van der Waals surface area (Å²) in [6.07, 6.45) is 25.4. The first-order valence-electron chi connectivity index (χ1n) is 13.3. The van der Waals surface area contributed by atoms with Crippen molar-refractivity contribution < 1.29 is 9.47 Å². The highest BCUT2D eigenvalue weighted by Gasteiger charge is 2.50. The number of ether oxygens (including phenoxy) is 2. The number of benzene rings is 1. The van der Waals surface area contributed by atoms with Crippen LogP contribution in [0.1, 0.15) is 50.3 Å². The molecule has 2 unspecified atom stereocenters. The van der Waals surface area contributed by atoms with E-state index >= 15 is 0 Å². The second kappa shape index (κ2) is 10.0. The molecule has 37 heavy (non-hydrogen) atoms. The Hall–Kier alpha value is -3.60. The summed E-state index contributed by atoms with van der Waals surface area (Å²) < 4.78 is 13.3. The predicted molar refractivity (Wildman–Crippen MR) is 149 cm³/mol. The molecule has 1 aromatic rings. The summed E-state index contributed by atoms with van der Waals surface area (Å²) in [6.45, 7) is 4.45. The molecular weight excluding hydrogens is 456 g/mol. The van der Waals surface area contributed by atoms with Gasteiger partial charge >= 0.3 is 0 Å². The van der Waals surface area contributed by atoms with E-state index in [9.17, 15) is 0 Å². The Labute approximate surface area is 219 Å². The smallest absolute Gasteiger partial charge is 0.188 e. The Bertz CT molecular complexity index is 1350. The molecule has 4 aliphatic carbocycles. The third kappa shape index (κ3) is 4.20. The van der Waals surface area contributed by atoms with Gasteiger partial charge in [0.25, 0.3) is 0 Å². The molecule has 6 rings (SSSR count). The Balaban J connectivity index is 1.48. The highest BCUT2D eigenvalue weighted by atomic mass is 16.5. The van der Waals surface area contributed by atoms with E-state index in [1.54, 1.807) is 0 Å². The molecule has 0 bridgehead atoms. The summed E-state index contributed by atoms with van der Waals surface area (Å²) in [5.41, 5.74) is 13.5. The van der Waals surface area contributed by atoms with Crippen molar-refractivity contribution in [2.45, 2.75) is 44.8 Å². The average Bonchev–Trinajstić information content (AvgIpc) is 3.18. The van der Waals surface area contributed by atoms with Crippen LogP contribution in [0.2, 0.25) is 0 Å². The van der Waals surface area contributed by atoms with Crippen molar-refractivity contribution in [3.8, 4) is 0 Å². The molecule has 1 aliphatic heterocycles. The van der Waals surface area contributed by atoms with Gasteiger partial charge in [0.2, 0.25) is 0 Å². The van der Waals surface area contributed by atoms with Crippen LogP contribution in [0.15, 0.2) is 137 Å². The molecule has 0 fully saturated rings. The van der Waals surface area contributed by atoms with E-state index in [0.717, 1.165) is 60.5 Å². The Kier molecular flexibility index (Phi) is 6.45. The van der Waals surface area contributed by atoms with Crippen LogP contribution in [-0.2, 0) is 9.47 Å². The average molecular weight is 491 g/mol. The van der Waals surface area contributed by atoms with E-state index in [1.165, 1.54) is 22.3 Å². The summed E-state index contributed by atoms with van der Waals surface area (Å²) in [6, 6.07) is 10.2. The van der Waals surface area contributed by atoms with Gasteiger partial charge < -0.3 is 9.47 Å². The number of hydrazine groups is 1. The SMILES string of the molecule is C=C1/C=C\CCC2(C3=CCC=CC=C3OC3=C2C=C(OC(NNC)c2ccccc2)C3)C2=C1C=CCC2. The van der Waals surface area contributed by atoms with E-state index in [4.69, 9.17) is 9.47 Å². The molecule has 188 valence electrons. The zero-order valence-corrected chi connectivity index (χ0v) is 21.4. The van der Waals surface area contributed by atoms with Crippen LogP contribution >= 0.6 is 0 Å². The predicted octanol–water partition coefficient (Wildman–Crippen LogP) is 7.31. The third-order valence-electron chi connectivity index (χ3n) is 7.88. The number of fused-ring (bicyclic) bond motifs is 4. The first-order chi connectivity index (χ1) is 18.2. The Morgan fingerprint density at radius 3 is 2.81 bits per heavy atom. The van der Waals surface area contributed by atoms with Gasteiger partial charge in [-0.15, -0.1) is 0 Å². The van der Waals surface area contributed by atoms with E-state index in [2.05, 4.69) is 84.2 Å². The zero-order chi connectivity index (χ0) is 25.2. The van der Waals surface area contributed by atoms with Crippen LogP contribution in [-0.4, -0.2) is 7.05 Å². The van der Waals surface area contributed by atoms with Crippen LogP contribution in [0.5, 0.6) is 0 Å². The molecule has 0 saturated carbocycles. The zero-order valence-electron chi connectivity index (χ0n) is 21.4. The molecule has 1 aromatic carbocycles. The standard InChI is InChI=1S/C33H34N2O2/c1-23-13-11-12-20-33(27-17-10-9-16-26(23)27)28-18-7-4-8-19-30(28)37-31-22-25(21-29(31)33)36-32(35-34-2)24-14-5-3-6-15-24/h3-6,8-9,11,13-16,18-19,21,32,34-35H,1,7,10,12,17,20,22H2,2H3/b13-11-. The monoisotopic (exact) mass is 490 g/mol. The number of rotatable bonds is 5. The van der Waals surface area contributed by atoms with Crippen LogP contribution in [0.4, 0.5) is 0 Å². The van der Waals surface area contributed by atoms with Crippen molar-refractivity contribution in [3.63, 3.8) is 0 Å². The second-order valence-corrected chi connectivity index (χ2v) is 10.0. The Morgan fingerprint density at radius 1 is 1.08 bits per heavy atom. The lowest BCUT2D eigenvalue weighted by Gasteiger charge is -2.45. The van der Waals surface area contributed by atoms with Gasteiger partial charge in [-0.2, -0.15) is 0 Å². The van der Waals surface area contributed by atoms with Crippen LogP contribution in [0, 0.1) is 5.41 Å². The van der Waals surface area contributed by atoms with Gasteiger partial charge in [-0.1, -0.05) is 79.4 Å².